The highest BCUT2D eigenvalue weighted by Crippen LogP contribution is 2.34. The SMILES string of the molecule is Cc1ccccc1C(C/C(=N/O)c1ccc(=O)n(C)c1)c1ccc(C2CCN(S(N)(=O)=O)CC2)cc1. The van der Waals surface area contributed by atoms with Crippen LogP contribution in [0, 0.1) is 6.92 Å². The number of aryl methyl sites for hydroxylation is 2. The molecule has 0 amide bonds. The number of aromatic nitrogens is 1. The average Bonchev–Trinajstić information content (AvgIpc) is 2.87. The highest BCUT2D eigenvalue weighted by molar-refractivity contribution is 7.86. The smallest absolute Gasteiger partial charge is 0.276 e. The fourth-order valence-electron chi connectivity index (χ4n) is 5.00. The summed E-state index contributed by atoms with van der Waals surface area (Å²) >= 11 is 0. The predicted octanol–water partition coefficient (Wildman–Crippen LogP) is 3.48. The zero-order valence-electron chi connectivity index (χ0n) is 20.5. The first-order chi connectivity index (χ1) is 17.2. The second kappa shape index (κ2) is 10.8. The molecule has 0 radical (unpaired) electrons. The Morgan fingerprint density at radius 1 is 1.08 bits per heavy atom. The Bertz CT molecular complexity index is 1410. The Labute approximate surface area is 211 Å². The van der Waals surface area contributed by atoms with Gasteiger partial charge in [-0.2, -0.15) is 12.7 Å². The summed E-state index contributed by atoms with van der Waals surface area (Å²) in [5.41, 5.74) is 5.59. The maximum absolute atomic E-state index is 11.8. The van der Waals surface area contributed by atoms with Gasteiger partial charge in [0.15, 0.2) is 0 Å². The molecule has 1 aliphatic rings. The van der Waals surface area contributed by atoms with E-state index in [1.165, 1.54) is 20.5 Å². The number of hydrogen-bond acceptors (Lipinski definition) is 5. The van der Waals surface area contributed by atoms with Crippen molar-refractivity contribution in [3.8, 4) is 0 Å². The van der Waals surface area contributed by atoms with Crippen LogP contribution in [0.15, 0.2) is 76.8 Å². The molecule has 1 aliphatic heterocycles. The van der Waals surface area contributed by atoms with Gasteiger partial charge < -0.3 is 9.77 Å². The summed E-state index contributed by atoms with van der Waals surface area (Å²) in [6.45, 7) is 2.91. The largest absolute Gasteiger partial charge is 0.411 e. The van der Waals surface area contributed by atoms with Crippen molar-refractivity contribution in [1.29, 1.82) is 0 Å². The van der Waals surface area contributed by atoms with Crippen LogP contribution < -0.4 is 10.7 Å². The molecule has 1 atom stereocenters. The van der Waals surface area contributed by atoms with Crippen LogP contribution in [0.3, 0.4) is 0 Å². The third-order valence-electron chi connectivity index (χ3n) is 7.13. The first-order valence-corrected chi connectivity index (χ1v) is 13.5. The number of benzene rings is 2. The number of hydrogen-bond donors (Lipinski definition) is 2. The maximum Gasteiger partial charge on any atom is 0.276 e. The number of piperidine rings is 1. The number of nitrogens with zero attached hydrogens (tertiary/aromatic N) is 3. The van der Waals surface area contributed by atoms with Gasteiger partial charge in [-0.25, -0.2) is 5.14 Å². The monoisotopic (exact) mass is 508 g/mol. The number of pyridine rings is 1. The highest BCUT2D eigenvalue weighted by atomic mass is 32.2. The molecular weight excluding hydrogens is 476 g/mol. The molecule has 1 unspecified atom stereocenters. The molecule has 3 aromatic rings. The van der Waals surface area contributed by atoms with E-state index < -0.39 is 10.2 Å². The summed E-state index contributed by atoms with van der Waals surface area (Å²) < 4.78 is 26.0. The van der Waals surface area contributed by atoms with Gasteiger partial charge in [0.1, 0.15) is 0 Å². The Morgan fingerprint density at radius 3 is 2.33 bits per heavy atom. The van der Waals surface area contributed by atoms with Gasteiger partial charge in [-0.15, -0.1) is 0 Å². The van der Waals surface area contributed by atoms with Crippen LogP contribution in [-0.2, 0) is 17.3 Å². The molecule has 1 saturated heterocycles. The summed E-state index contributed by atoms with van der Waals surface area (Å²) in [6, 6.07) is 19.8. The Kier molecular flexibility index (Phi) is 7.73. The van der Waals surface area contributed by atoms with E-state index >= 15 is 0 Å². The first-order valence-electron chi connectivity index (χ1n) is 12.0. The lowest BCUT2D eigenvalue weighted by Gasteiger charge is -2.30. The van der Waals surface area contributed by atoms with E-state index in [-0.39, 0.29) is 17.4 Å². The zero-order valence-corrected chi connectivity index (χ0v) is 21.4. The van der Waals surface area contributed by atoms with E-state index in [0.29, 0.717) is 30.8 Å². The Hall–Kier alpha value is -3.27. The maximum atomic E-state index is 11.8. The lowest BCUT2D eigenvalue weighted by atomic mass is 9.82. The van der Waals surface area contributed by atoms with Crippen molar-refractivity contribution >= 4 is 15.9 Å². The molecular formula is C27H32N4O4S. The van der Waals surface area contributed by atoms with Crippen LogP contribution in [0.5, 0.6) is 0 Å². The minimum Gasteiger partial charge on any atom is -0.411 e. The molecule has 8 nitrogen and oxygen atoms in total. The molecule has 36 heavy (non-hydrogen) atoms. The van der Waals surface area contributed by atoms with Crippen molar-refractivity contribution in [2.45, 2.75) is 38.0 Å². The molecule has 0 bridgehead atoms. The van der Waals surface area contributed by atoms with Gasteiger partial charge in [-0.1, -0.05) is 53.7 Å². The van der Waals surface area contributed by atoms with Crippen LogP contribution >= 0.6 is 0 Å². The van der Waals surface area contributed by atoms with Gasteiger partial charge in [-0.05, 0) is 54.0 Å². The topological polar surface area (TPSA) is 118 Å². The molecule has 4 rings (SSSR count). The van der Waals surface area contributed by atoms with Crippen molar-refractivity contribution in [3.05, 3.63) is 105 Å². The van der Waals surface area contributed by atoms with Gasteiger partial charge >= 0.3 is 0 Å². The molecule has 0 saturated carbocycles. The van der Waals surface area contributed by atoms with Gasteiger partial charge in [0.05, 0.1) is 5.71 Å². The van der Waals surface area contributed by atoms with E-state index in [1.807, 2.05) is 12.1 Å². The molecule has 1 aromatic heterocycles. The molecule has 190 valence electrons. The van der Waals surface area contributed by atoms with Crippen LogP contribution in [-0.4, -0.2) is 41.3 Å². The number of nitrogens with two attached hydrogens (primary N) is 1. The Morgan fingerprint density at radius 2 is 1.75 bits per heavy atom. The normalized spacial score (nSPS) is 16.7. The summed E-state index contributed by atoms with van der Waals surface area (Å²) in [6.07, 6.45) is 3.59. The van der Waals surface area contributed by atoms with E-state index in [4.69, 9.17) is 5.14 Å². The molecule has 0 aliphatic carbocycles. The predicted molar refractivity (Wildman–Crippen MR) is 141 cm³/mol. The van der Waals surface area contributed by atoms with Gasteiger partial charge in [-0.3, -0.25) is 4.79 Å². The fourth-order valence-corrected chi connectivity index (χ4v) is 5.72. The highest BCUT2D eigenvalue weighted by Gasteiger charge is 2.27. The molecule has 1 fully saturated rings. The number of rotatable bonds is 7. The summed E-state index contributed by atoms with van der Waals surface area (Å²) in [5, 5.41) is 18.8. The van der Waals surface area contributed by atoms with E-state index in [2.05, 4.69) is 48.5 Å². The summed E-state index contributed by atoms with van der Waals surface area (Å²) in [4.78, 5) is 11.8. The summed E-state index contributed by atoms with van der Waals surface area (Å²) in [5.74, 6) is 0.210. The van der Waals surface area contributed by atoms with E-state index in [9.17, 15) is 18.4 Å². The standard InChI is InChI=1S/C27H32N4O4S/c1-19-5-3-4-6-24(19)25(17-26(29-33)23-11-12-27(32)30(2)18-23)22-9-7-20(8-10-22)21-13-15-31(16-14-21)36(28,34)35/h3-12,18,21,25,33H,13-17H2,1-2H3,(H2,28,34,35)/b29-26-. The summed E-state index contributed by atoms with van der Waals surface area (Å²) in [7, 11) is -1.97. The third-order valence-corrected chi connectivity index (χ3v) is 8.21. The molecule has 0 spiro atoms. The molecule has 9 heteroatoms. The molecule has 2 heterocycles. The van der Waals surface area contributed by atoms with Crippen LogP contribution in [0.4, 0.5) is 0 Å². The van der Waals surface area contributed by atoms with Crippen LogP contribution in [0.1, 0.15) is 58.9 Å². The molecule has 3 N–H and O–H groups in total. The first kappa shape index (κ1) is 25.8. The lowest BCUT2D eigenvalue weighted by molar-refractivity contribution is 0.317. The van der Waals surface area contributed by atoms with Crippen molar-refractivity contribution in [3.63, 3.8) is 0 Å². The Balaban J connectivity index is 1.62. The van der Waals surface area contributed by atoms with Crippen molar-refractivity contribution in [2.24, 2.45) is 17.3 Å². The van der Waals surface area contributed by atoms with Gasteiger partial charge in [0.2, 0.25) is 5.56 Å². The van der Waals surface area contributed by atoms with Crippen LogP contribution in [0.2, 0.25) is 0 Å². The van der Waals surface area contributed by atoms with Crippen LogP contribution in [0.25, 0.3) is 0 Å². The molecule has 2 aromatic carbocycles. The second-order valence-corrected chi connectivity index (χ2v) is 11.0. The van der Waals surface area contributed by atoms with Gasteiger partial charge in [0, 0.05) is 50.3 Å². The van der Waals surface area contributed by atoms with E-state index in [0.717, 1.165) is 29.5 Å². The zero-order chi connectivity index (χ0) is 25.9. The average molecular weight is 509 g/mol. The van der Waals surface area contributed by atoms with Crippen molar-refractivity contribution in [1.82, 2.24) is 8.87 Å². The third kappa shape index (κ3) is 5.75. The quantitative estimate of drug-likeness (QED) is 0.289. The minimum absolute atomic E-state index is 0.0624. The van der Waals surface area contributed by atoms with Crippen molar-refractivity contribution < 1.29 is 13.6 Å². The minimum atomic E-state index is -3.64. The van der Waals surface area contributed by atoms with E-state index in [1.54, 1.807) is 19.3 Å². The number of oxime groups is 1. The fraction of sp³-hybridized carbons (Fsp3) is 0.333. The second-order valence-electron chi connectivity index (χ2n) is 9.41. The lowest BCUT2D eigenvalue weighted by Crippen LogP contribution is -2.41. The van der Waals surface area contributed by atoms with Crippen molar-refractivity contribution in [2.75, 3.05) is 13.1 Å². The van der Waals surface area contributed by atoms with Gasteiger partial charge in [0.25, 0.3) is 10.2 Å².